The Labute approximate surface area is 86.1 Å². The van der Waals surface area contributed by atoms with Gasteiger partial charge in [0, 0.05) is 19.0 Å². The molecule has 78 valence electrons. The number of aromatic carboxylic acids is 1. The van der Waals surface area contributed by atoms with E-state index in [1.165, 1.54) is 0 Å². The van der Waals surface area contributed by atoms with Gasteiger partial charge in [0.05, 0.1) is 5.52 Å². The number of aromatic nitrogens is 2. The number of carbonyl (C=O) groups is 1. The number of fused-ring (bicyclic) bond motifs is 1. The highest BCUT2D eigenvalue weighted by Gasteiger charge is 2.16. The van der Waals surface area contributed by atoms with E-state index >= 15 is 0 Å². The number of hydrogen-bond acceptors (Lipinski definition) is 3. The minimum Gasteiger partial charge on any atom is -0.476 e. The maximum atomic E-state index is 11.0. The molecule has 0 aliphatic rings. The first-order valence-corrected chi connectivity index (χ1v) is 4.53. The molecular formula is C10H11N3O2. The van der Waals surface area contributed by atoms with E-state index in [1.54, 1.807) is 11.7 Å². The number of carboxylic acids is 1. The van der Waals surface area contributed by atoms with Crippen LogP contribution in [0.2, 0.25) is 0 Å². The van der Waals surface area contributed by atoms with Crippen molar-refractivity contribution in [2.75, 3.05) is 0 Å². The third-order valence-corrected chi connectivity index (χ3v) is 2.39. The fourth-order valence-corrected chi connectivity index (χ4v) is 1.70. The molecule has 0 fully saturated rings. The van der Waals surface area contributed by atoms with Crippen LogP contribution in [0.5, 0.6) is 0 Å². The summed E-state index contributed by atoms with van der Waals surface area (Å²) in [5, 5.41) is 13.6. The lowest BCUT2D eigenvalue weighted by Crippen LogP contribution is -2.02. The van der Waals surface area contributed by atoms with Crippen LogP contribution in [0.4, 0.5) is 0 Å². The fraction of sp³-hybridized carbons (Fsp3) is 0.200. The molecule has 2 rings (SSSR count). The van der Waals surface area contributed by atoms with Gasteiger partial charge in [0.2, 0.25) is 0 Å². The molecule has 1 aromatic heterocycles. The summed E-state index contributed by atoms with van der Waals surface area (Å²) in [6.45, 7) is 0.309. The van der Waals surface area contributed by atoms with Crippen LogP contribution in [0.3, 0.4) is 0 Å². The van der Waals surface area contributed by atoms with Crippen molar-refractivity contribution in [1.82, 2.24) is 9.78 Å². The molecule has 0 unspecified atom stereocenters. The van der Waals surface area contributed by atoms with E-state index in [2.05, 4.69) is 5.10 Å². The van der Waals surface area contributed by atoms with Crippen LogP contribution < -0.4 is 5.73 Å². The molecule has 1 heterocycles. The van der Waals surface area contributed by atoms with Gasteiger partial charge in [-0.25, -0.2) is 4.79 Å². The van der Waals surface area contributed by atoms with Gasteiger partial charge in [-0.3, -0.25) is 4.68 Å². The fourth-order valence-electron chi connectivity index (χ4n) is 1.70. The third kappa shape index (κ3) is 1.37. The number of nitrogens with zero attached hydrogens (tertiary/aromatic N) is 2. The van der Waals surface area contributed by atoms with Gasteiger partial charge in [-0.2, -0.15) is 5.10 Å². The predicted octanol–water partition coefficient (Wildman–Crippen LogP) is 0.730. The van der Waals surface area contributed by atoms with E-state index in [1.807, 2.05) is 18.2 Å². The first kappa shape index (κ1) is 9.67. The van der Waals surface area contributed by atoms with Gasteiger partial charge >= 0.3 is 5.97 Å². The van der Waals surface area contributed by atoms with E-state index in [0.717, 1.165) is 11.1 Å². The molecular weight excluding hydrogens is 194 g/mol. The minimum absolute atomic E-state index is 0.0635. The molecule has 0 bridgehead atoms. The van der Waals surface area contributed by atoms with Crippen LogP contribution in [-0.2, 0) is 13.6 Å². The molecule has 2 aromatic rings. The highest BCUT2D eigenvalue weighted by Crippen LogP contribution is 2.22. The van der Waals surface area contributed by atoms with Crippen LogP contribution >= 0.6 is 0 Å². The van der Waals surface area contributed by atoms with E-state index in [0.29, 0.717) is 11.9 Å². The molecule has 0 aliphatic heterocycles. The summed E-state index contributed by atoms with van der Waals surface area (Å²) < 4.78 is 1.55. The Bertz CT molecular complexity index is 531. The molecule has 3 N–H and O–H groups in total. The molecule has 0 aliphatic carbocycles. The van der Waals surface area contributed by atoms with Gasteiger partial charge < -0.3 is 10.8 Å². The van der Waals surface area contributed by atoms with Gasteiger partial charge in [0.1, 0.15) is 0 Å². The number of aryl methyl sites for hydroxylation is 1. The lowest BCUT2D eigenvalue weighted by molar-refractivity contribution is 0.0691. The summed E-state index contributed by atoms with van der Waals surface area (Å²) in [5.74, 6) is -1.03. The molecule has 15 heavy (non-hydrogen) atoms. The highest BCUT2D eigenvalue weighted by atomic mass is 16.4. The number of hydrogen-bond donors (Lipinski definition) is 2. The first-order valence-electron chi connectivity index (χ1n) is 4.53. The van der Waals surface area contributed by atoms with Crippen LogP contribution in [-0.4, -0.2) is 20.9 Å². The minimum atomic E-state index is -1.03. The summed E-state index contributed by atoms with van der Waals surface area (Å²) in [6, 6.07) is 5.49. The van der Waals surface area contributed by atoms with Crippen molar-refractivity contribution < 1.29 is 9.90 Å². The van der Waals surface area contributed by atoms with Crippen molar-refractivity contribution in [3.05, 3.63) is 29.5 Å². The first-order chi connectivity index (χ1) is 7.15. The van der Waals surface area contributed by atoms with E-state index in [-0.39, 0.29) is 5.69 Å². The van der Waals surface area contributed by atoms with Crippen LogP contribution in [0.1, 0.15) is 16.1 Å². The topological polar surface area (TPSA) is 81.1 Å². The molecule has 0 saturated heterocycles. The lowest BCUT2D eigenvalue weighted by atomic mass is 10.1. The summed E-state index contributed by atoms with van der Waals surface area (Å²) >= 11 is 0. The number of carboxylic acid groups (broad SMARTS) is 1. The monoisotopic (exact) mass is 205 g/mol. The van der Waals surface area contributed by atoms with Crippen LogP contribution in [0.15, 0.2) is 18.2 Å². The quantitative estimate of drug-likeness (QED) is 0.757. The standard InChI is InChI=1S/C10H11N3O2/c1-13-7-4-2-3-6(5-11)8(7)9(12-13)10(14)15/h2-4H,5,11H2,1H3,(H,14,15). The molecule has 0 amide bonds. The molecule has 0 atom stereocenters. The van der Waals surface area contributed by atoms with Gasteiger partial charge in [-0.1, -0.05) is 12.1 Å². The van der Waals surface area contributed by atoms with Crippen molar-refractivity contribution in [3.63, 3.8) is 0 Å². The van der Waals surface area contributed by atoms with E-state index in [4.69, 9.17) is 10.8 Å². The Morgan fingerprint density at radius 3 is 2.93 bits per heavy atom. The Morgan fingerprint density at radius 2 is 2.33 bits per heavy atom. The number of rotatable bonds is 2. The van der Waals surface area contributed by atoms with E-state index in [9.17, 15) is 4.79 Å². The zero-order valence-corrected chi connectivity index (χ0v) is 8.27. The normalized spacial score (nSPS) is 10.8. The number of nitrogens with two attached hydrogens (primary N) is 1. The summed E-state index contributed by atoms with van der Waals surface area (Å²) in [5.41, 5.74) is 7.22. The average molecular weight is 205 g/mol. The van der Waals surface area contributed by atoms with Crippen molar-refractivity contribution in [2.45, 2.75) is 6.54 Å². The largest absolute Gasteiger partial charge is 0.476 e. The second-order valence-electron chi connectivity index (χ2n) is 3.29. The Hall–Kier alpha value is -1.88. The molecule has 0 radical (unpaired) electrons. The maximum absolute atomic E-state index is 11.0. The van der Waals surface area contributed by atoms with Gasteiger partial charge in [-0.15, -0.1) is 0 Å². The second-order valence-corrected chi connectivity index (χ2v) is 3.29. The molecule has 1 aromatic carbocycles. The SMILES string of the molecule is Cn1nc(C(=O)O)c2c(CN)cccc21. The number of benzene rings is 1. The Kier molecular flexibility index (Phi) is 2.17. The molecule has 0 spiro atoms. The molecule has 5 heteroatoms. The Morgan fingerprint density at radius 1 is 1.60 bits per heavy atom. The summed E-state index contributed by atoms with van der Waals surface area (Å²) in [4.78, 5) is 11.0. The van der Waals surface area contributed by atoms with Crippen molar-refractivity contribution in [1.29, 1.82) is 0 Å². The van der Waals surface area contributed by atoms with Crippen molar-refractivity contribution >= 4 is 16.9 Å². The second kappa shape index (κ2) is 3.36. The summed E-state index contributed by atoms with van der Waals surface area (Å²) in [6.07, 6.45) is 0. The van der Waals surface area contributed by atoms with Crippen molar-refractivity contribution in [2.24, 2.45) is 12.8 Å². The van der Waals surface area contributed by atoms with Gasteiger partial charge in [-0.05, 0) is 11.6 Å². The predicted molar refractivity (Wildman–Crippen MR) is 55.6 cm³/mol. The zero-order valence-electron chi connectivity index (χ0n) is 8.27. The lowest BCUT2D eigenvalue weighted by Gasteiger charge is -1.99. The summed E-state index contributed by atoms with van der Waals surface area (Å²) in [7, 11) is 1.72. The third-order valence-electron chi connectivity index (χ3n) is 2.39. The van der Waals surface area contributed by atoms with E-state index < -0.39 is 5.97 Å². The smallest absolute Gasteiger partial charge is 0.357 e. The average Bonchev–Trinajstić information content (AvgIpc) is 2.56. The zero-order chi connectivity index (χ0) is 11.0. The Balaban J connectivity index is 2.88. The highest BCUT2D eigenvalue weighted by molar-refractivity contribution is 6.02. The molecule has 5 nitrogen and oxygen atoms in total. The molecule has 0 saturated carbocycles. The van der Waals surface area contributed by atoms with Gasteiger partial charge in [0.25, 0.3) is 0 Å². The van der Waals surface area contributed by atoms with Gasteiger partial charge in [0.15, 0.2) is 5.69 Å². The van der Waals surface area contributed by atoms with Crippen LogP contribution in [0, 0.1) is 0 Å². The maximum Gasteiger partial charge on any atom is 0.357 e. The van der Waals surface area contributed by atoms with Crippen LogP contribution in [0.25, 0.3) is 10.9 Å². The van der Waals surface area contributed by atoms with Crippen molar-refractivity contribution in [3.8, 4) is 0 Å².